The van der Waals surface area contributed by atoms with Crippen molar-refractivity contribution in [3.8, 4) is 0 Å². The summed E-state index contributed by atoms with van der Waals surface area (Å²) in [7, 11) is 0. The van der Waals surface area contributed by atoms with Crippen LogP contribution in [0.15, 0.2) is 9.90 Å². The van der Waals surface area contributed by atoms with E-state index in [-0.39, 0.29) is 5.92 Å². The molecule has 2 N–H and O–H groups in total. The third kappa shape index (κ3) is 3.69. The van der Waals surface area contributed by atoms with Crippen molar-refractivity contribution >= 4 is 22.4 Å². The minimum absolute atomic E-state index is 0.207. The maximum absolute atomic E-state index is 11.2. The molecule has 8 heteroatoms. The summed E-state index contributed by atoms with van der Waals surface area (Å²) in [5.74, 6) is 1.70. The molecular formula is C15H21N5O2S. The van der Waals surface area contributed by atoms with E-state index in [4.69, 9.17) is 10.3 Å². The van der Waals surface area contributed by atoms with Crippen LogP contribution in [0.1, 0.15) is 54.8 Å². The third-order valence-corrected chi connectivity index (χ3v) is 4.76. The molecule has 3 heterocycles. The van der Waals surface area contributed by atoms with Gasteiger partial charge in [0.05, 0.1) is 5.92 Å². The zero-order chi connectivity index (χ0) is 16.4. The van der Waals surface area contributed by atoms with Gasteiger partial charge in [-0.25, -0.2) is 4.98 Å². The fourth-order valence-corrected chi connectivity index (χ4v) is 3.61. The first-order chi connectivity index (χ1) is 11.0. The number of hydrogen-bond acceptors (Lipinski definition) is 7. The molecule has 124 valence electrons. The molecule has 1 fully saturated rings. The molecule has 0 aliphatic carbocycles. The lowest BCUT2D eigenvalue weighted by Gasteiger charge is -2.30. The molecule has 2 aromatic rings. The molecule has 0 spiro atoms. The molecule has 1 unspecified atom stereocenters. The van der Waals surface area contributed by atoms with Crippen LogP contribution < -0.4 is 10.6 Å². The molecule has 0 bridgehead atoms. The van der Waals surface area contributed by atoms with Gasteiger partial charge in [-0.05, 0) is 18.8 Å². The number of primary amides is 1. The number of nitrogens with zero attached hydrogens (tertiary/aromatic N) is 4. The largest absolute Gasteiger partial charge is 0.364 e. The summed E-state index contributed by atoms with van der Waals surface area (Å²) in [5, 5.41) is 6.61. The first-order valence-corrected chi connectivity index (χ1v) is 8.73. The Labute approximate surface area is 138 Å². The number of nitrogens with two attached hydrogens (primary N) is 1. The Kier molecular flexibility index (Phi) is 4.61. The van der Waals surface area contributed by atoms with Crippen molar-refractivity contribution in [2.45, 2.75) is 39.0 Å². The van der Waals surface area contributed by atoms with Crippen molar-refractivity contribution in [1.29, 1.82) is 0 Å². The molecule has 7 nitrogen and oxygen atoms in total. The van der Waals surface area contributed by atoms with Crippen LogP contribution in [0.25, 0.3) is 0 Å². The monoisotopic (exact) mass is 335 g/mol. The summed E-state index contributed by atoms with van der Waals surface area (Å²) in [5.41, 5.74) is 5.59. The predicted octanol–water partition coefficient (Wildman–Crippen LogP) is 2.21. The Morgan fingerprint density at radius 2 is 2.35 bits per heavy atom. The topological polar surface area (TPSA) is 98.1 Å². The second-order valence-electron chi connectivity index (χ2n) is 6.31. The molecular weight excluding hydrogens is 314 g/mol. The van der Waals surface area contributed by atoms with Crippen LogP contribution in [0.4, 0.5) is 5.13 Å². The fraction of sp³-hybridized carbons (Fsp3) is 0.600. The average molecular weight is 335 g/mol. The Hall–Kier alpha value is -1.96. The van der Waals surface area contributed by atoms with Crippen LogP contribution in [-0.2, 0) is 6.42 Å². The maximum atomic E-state index is 11.2. The number of carbonyl (C=O) groups excluding carboxylic acids is 1. The van der Waals surface area contributed by atoms with Gasteiger partial charge < -0.3 is 15.2 Å². The van der Waals surface area contributed by atoms with E-state index in [0.29, 0.717) is 17.5 Å². The van der Waals surface area contributed by atoms with E-state index in [1.807, 2.05) is 0 Å². The number of anilines is 1. The SMILES string of the molecule is CC(C)Cc1noc(C2CCCN(c3nc(C(N)=O)cs3)C2)n1. The van der Waals surface area contributed by atoms with E-state index >= 15 is 0 Å². The van der Waals surface area contributed by atoms with Gasteiger partial charge in [-0.2, -0.15) is 4.98 Å². The lowest BCUT2D eigenvalue weighted by atomic mass is 9.98. The van der Waals surface area contributed by atoms with E-state index in [9.17, 15) is 4.79 Å². The second kappa shape index (κ2) is 6.66. The van der Waals surface area contributed by atoms with Gasteiger partial charge in [0, 0.05) is 24.9 Å². The zero-order valence-electron chi connectivity index (χ0n) is 13.4. The van der Waals surface area contributed by atoms with Crippen molar-refractivity contribution in [1.82, 2.24) is 15.1 Å². The average Bonchev–Trinajstić information content (AvgIpc) is 3.16. The smallest absolute Gasteiger partial charge is 0.268 e. The lowest BCUT2D eigenvalue weighted by Crippen LogP contribution is -2.34. The summed E-state index contributed by atoms with van der Waals surface area (Å²) in [6, 6.07) is 0. The summed E-state index contributed by atoms with van der Waals surface area (Å²) in [6.07, 6.45) is 2.88. The van der Waals surface area contributed by atoms with Crippen molar-refractivity contribution < 1.29 is 9.32 Å². The zero-order valence-corrected chi connectivity index (χ0v) is 14.2. The van der Waals surface area contributed by atoms with Gasteiger partial charge in [-0.3, -0.25) is 4.79 Å². The molecule has 1 aliphatic rings. The summed E-state index contributed by atoms with van der Waals surface area (Å²) >= 11 is 1.44. The quantitative estimate of drug-likeness (QED) is 0.899. The number of aromatic nitrogens is 3. The molecule has 3 rings (SSSR count). The van der Waals surface area contributed by atoms with E-state index in [2.05, 4.69) is 33.9 Å². The van der Waals surface area contributed by atoms with Crippen molar-refractivity contribution in [3.63, 3.8) is 0 Å². The van der Waals surface area contributed by atoms with Gasteiger partial charge in [-0.1, -0.05) is 19.0 Å². The van der Waals surface area contributed by atoms with Crippen molar-refractivity contribution in [2.75, 3.05) is 18.0 Å². The number of carbonyl (C=O) groups is 1. The van der Waals surface area contributed by atoms with Crippen LogP contribution in [-0.4, -0.2) is 34.1 Å². The number of hydrogen-bond donors (Lipinski definition) is 1. The van der Waals surface area contributed by atoms with Gasteiger partial charge in [-0.15, -0.1) is 11.3 Å². The molecule has 1 aliphatic heterocycles. The number of thiazole rings is 1. The molecule has 1 atom stereocenters. The fourth-order valence-electron chi connectivity index (χ4n) is 2.76. The first kappa shape index (κ1) is 15.9. The van der Waals surface area contributed by atoms with Crippen LogP contribution in [0.2, 0.25) is 0 Å². The molecule has 0 aromatic carbocycles. The highest BCUT2D eigenvalue weighted by atomic mass is 32.1. The number of rotatable bonds is 5. The molecule has 2 aromatic heterocycles. The molecule has 0 radical (unpaired) electrons. The van der Waals surface area contributed by atoms with Crippen LogP contribution >= 0.6 is 11.3 Å². The summed E-state index contributed by atoms with van der Waals surface area (Å²) < 4.78 is 5.45. The summed E-state index contributed by atoms with van der Waals surface area (Å²) in [4.78, 5) is 22.2. The molecule has 0 saturated carbocycles. The Morgan fingerprint density at radius 3 is 3.04 bits per heavy atom. The van der Waals surface area contributed by atoms with Crippen molar-refractivity contribution in [2.24, 2.45) is 11.7 Å². The number of amides is 1. The van der Waals surface area contributed by atoms with Gasteiger partial charge in [0.25, 0.3) is 5.91 Å². The number of piperidine rings is 1. The lowest BCUT2D eigenvalue weighted by molar-refractivity contribution is 0.0996. The highest BCUT2D eigenvalue weighted by Gasteiger charge is 2.27. The molecule has 1 saturated heterocycles. The highest BCUT2D eigenvalue weighted by Crippen LogP contribution is 2.30. The van der Waals surface area contributed by atoms with E-state index < -0.39 is 5.91 Å². The minimum atomic E-state index is -0.490. The molecule has 1 amide bonds. The third-order valence-electron chi connectivity index (χ3n) is 3.86. The second-order valence-corrected chi connectivity index (χ2v) is 7.15. The van der Waals surface area contributed by atoms with E-state index in [0.717, 1.165) is 43.3 Å². The Morgan fingerprint density at radius 1 is 1.52 bits per heavy atom. The molecule has 23 heavy (non-hydrogen) atoms. The first-order valence-electron chi connectivity index (χ1n) is 7.85. The van der Waals surface area contributed by atoms with Crippen LogP contribution in [0, 0.1) is 5.92 Å². The Balaban J connectivity index is 1.70. The van der Waals surface area contributed by atoms with Gasteiger partial charge in [0.15, 0.2) is 11.0 Å². The normalized spacial score (nSPS) is 18.6. The van der Waals surface area contributed by atoms with Gasteiger partial charge in [0.1, 0.15) is 5.69 Å². The van der Waals surface area contributed by atoms with Crippen molar-refractivity contribution in [3.05, 3.63) is 22.8 Å². The van der Waals surface area contributed by atoms with E-state index in [1.165, 1.54) is 11.3 Å². The van der Waals surface area contributed by atoms with E-state index in [1.54, 1.807) is 5.38 Å². The standard InChI is InChI=1S/C15H21N5O2S/c1-9(2)6-12-18-14(22-19-12)10-4-3-5-20(7-10)15-17-11(8-23-15)13(16)21/h8-10H,3-7H2,1-2H3,(H2,16,21). The Bertz CT molecular complexity index is 681. The maximum Gasteiger partial charge on any atom is 0.268 e. The van der Waals surface area contributed by atoms with Gasteiger partial charge in [0.2, 0.25) is 5.89 Å². The summed E-state index contributed by atoms with van der Waals surface area (Å²) in [6.45, 7) is 5.96. The van der Waals surface area contributed by atoms with Crippen LogP contribution in [0.3, 0.4) is 0 Å². The van der Waals surface area contributed by atoms with Gasteiger partial charge >= 0.3 is 0 Å². The predicted molar refractivity (Wildman–Crippen MR) is 87.7 cm³/mol. The highest BCUT2D eigenvalue weighted by molar-refractivity contribution is 7.13. The van der Waals surface area contributed by atoms with Crippen LogP contribution in [0.5, 0.6) is 0 Å². The minimum Gasteiger partial charge on any atom is -0.364 e.